The topological polar surface area (TPSA) is 98.1 Å². The van der Waals surface area contributed by atoms with Crippen LogP contribution in [0.4, 0.5) is 13.2 Å². The van der Waals surface area contributed by atoms with Crippen LogP contribution >= 0.6 is 23.4 Å². The van der Waals surface area contributed by atoms with E-state index in [4.69, 9.17) is 22.1 Å². The van der Waals surface area contributed by atoms with Gasteiger partial charge in [-0.1, -0.05) is 23.4 Å². The minimum absolute atomic E-state index is 0.0467. The number of pyridine rings is 1. The Morgan fingerprint density at radius 2 is 1.89 bits per heavy atom. The Bertz CT molecular complexity index is 899. The third-order valence-corrected chi connectivity index (χ3v) is 4.63. The number of fused-ring (bicyclic) bond motifs is 1. The second-order valence-corrected chi connectivity index (χ2v) is 6.59. The van der Waals surface area contributed by atoms with E-state index >= 15 is 0 Å². The monoisotopic (exact) mass is 416 g/mol. The summed E-state index contributed by atoms with van der Waals surface area (Å²) in [6.45, 7) is 0.338. The normalized spacial score (nSPS) is 11.2. The molecule has 0 saturated carbocycles. The van der Waals surface area contributed by atoms with Crippen molar-refractivity contribution in [2.45, 2.75) is 24.2 Å². The van der Waals surface area contributed by atoms with Crippen LogP contribution in [-0.2, 0) is 11.0 Å². The molecule has 0 aliphatic carbocycles. The van der Waals surface area contributed by atoms with Gasteiger partial charge in [-0.15, -0.1) is 10.2 Å². The number of halogens is 4. The van der Waals surface area contributed by atoms with E-state index in [0.717, 1.165) is 28.4 Å². The highest BCUT2D eigenvalue weighted by molar-refractivity contribution is 7.99. The molecule has 0 radical (unpaired) electrons. The Morgan fingerprint density at radius 1 is 1.26 bits per heavy atom. The molecule has 0 aromatic carbocycles. The summed E-state index contributed by atoms with van der Waals surface area (Å²) < 4.78 is 40.0. The molecular formula is C15H12ClF3N6OS. The largest absolute Gasteiger partial charge is 0.417 e. The molecule has 0 aliphatic heterocycles. The number of carbonyl (C=O) groups is 1. The van der Waals surface area contributed by atoms with E-state index in [1.165, 1.54) is 4.90 Å². The summed E-state index contributed by atoms with van der Waals surface area (Å²) in [4.78, 5) is 13.7. The molecule has 1 amide bonds. The summed E-state index contributed by atoms with van der Waals surface area (Å²) in [5.74, 6) is -0.494. The number of nitrogens with zero attached hydrogens (tertiary/aromatic N) is 6. The molecule has 0 spiro atoms. The molecule has 27 heavy (non-hydrogen) atoms. The maximum absolute atomic E-state index is 13.0. The lowest BCUT2D eigenvalue weighted by Gasteiger charge is -2.19. The van der Waals surface area contributed by atoms with Crippen LogP contribution in [0.1, 0.15) is 18.4 Å². The van der Waals surface area contributed by atoms with Crippen molar-refractivity contribution in [1.82, 2.24) is 19.5 Å². The average Bonchev–Trinajstić information content (AvgIpc) is 3.02. The summed E-state index contributed by atoms with van der Waals surface area (Å²) >= 11 is 6.73. The van der Waals surface area contributed by atoms with Gasteiger partial charge in [-0.05, 0) is 6.07 Å². The number of thioether (sulfide) groups is 1. The lowest BCUT2D eigenvalue weighted by atomic mass is 10.3. The molecule has 0 bridgehead atoms. The second kappa shape index (κ2) is 8.93. The minimum Gasteiger partial charge on any atom is -0.340 e. The maximum atomic E-state index is 13.0. The number of hydrogen-bond acceptors (Lipinski definition) is 6. The Labute approximate surface area is 161 Å². The van der Waals surface area contributed by atoms with E-state index in [0.29, 0.717) is 0 Å². The van der Waals surface area contributed by atoms with Crippen molar-refractivity contribution in [3.8, 4) is 12.1 Å². The zero-order valence-corrected chi connectivity index (χ0v) is 15.3. The van der Waals surface area contributed by atoms with Gasteiger partial charge in [0.15, 0.2) is 10.8 Å². The van der Waals surface area contributed by atoms with E-state index in [1.807, 2.05) is 12.1 Å². The first-order valence-corrected chi connectivity index (χ1v) is 8.90. The standard InChI is InChI=1S/C15H12ClF3N6OS/c16-11-7-10(15(17,18)19)8-25-13(11)22-23-14(25)27-9-12(26)24(5-1-3-20)6-2-4-21/h7-8H,1-2,5-6,9H2. The second-order valence-electron chi connectivity index (χ2n) is 5.24. The van der Waals surface area contributed by atoms with Gasteiger partial charge in [-0.2, -0.15) is 23.7 Å². The van der Waals surface area contributed by atoms with Crippen LogP contribution < -0.4 is 0 Å². The lowest BCUT2D eigenvalue weighted by Crippen LogP contribution is -2.34. The van der Waals surface area contributed by atoms with E-state index in [-0.39, 0.29) is 53.4 Å². The van der Waals surface area contributed by atoms with E-state index in [2.05, 4.69) is 10.2 Å². The van der Waals surface area contributed by atoms with E-state index < -0.39 is 11.7 Å². The number of alkyl halides is 3. The summed E-state index contributed by atoms with van der Waals surface area (Å²) in [6.07, 6.45) is -3.55. The van der Waals surface area contributed by atoms with Gasteiger partial charge in [-0.25, -0.2) is 0 Å². The fourth-order valence-corrected chi connectivity index (χ4v) is 3.19. The Morgan fingerprint density at radius 3 is 2.44 bits per heavy atom. The van der Waals surface area contributed by atoms with Gasteiger partial charge in [0.25, 0.3) is 0 Å². The van der Waals surface area contributed by atoms with Crippen LogP contribution in [0.25, 0.3) is 5.65 Å². The number of carbonyl (C=O) groups excluding carboxylic acids is 1. The quantitative estimate of drug-likeness (QED) is 0.643. The van der Waals surface area contributed by atoms with Gasteiger partial charge < -0.3 is 4.90 Å². The zero-order chi connectivity index (χ0) is 20.0. The minimum atomic E-state index is -4.59. The molecule has 0 N–H and O–H groups in total. The number of hydrogen-bond donors (Lipinski definition) is 0. The highest BCUT2D eigenvalue weighted by Gasteiger charge is 2.32. The van der Waals surface area contributed by atoms with Gasteiger partial charge in [0.2, 0.25) is 5.91 Å². The molecule has 0 aliphatic rings. The molecule has 2 rings (SSSR count). The van der Waals surface area contributed by atoms with Gasteiger partial charge in [0.1, 0.15) is 0 Å². The predicted molar refractivity (Wildman–Crippen MR) is 90.8 cm³/mol. The fraction of sp³-hybridized carbons (Fsp3) is 0.400. The molecule has 7 nitrogen and oxygen atoms in total. The molecule has 2 heterocycles. The fourth-order valence-electron chi connectivity index (χ4n) is 2.14. The van der Waals surface area contributed by atoms with Crippen molar-refractivity contribution in [1.29, 1.82) is 10.5 Å². The van der Waals surface area contributed by atoms with Crippen molar-refractivity contribution in [3.05, 3.63) is 22.8 Å². The van der Waals surface area contributed by atoms with Crippen LogP contribution in [-0.4, -0.2) is 44.2 Å². The summed E-state index contributed by atoms with van der Waals surface area (Å²) in [5.41, 5.74) is -0.914. The van der Waals surface area contributed by atoms with Crippen molar-refractivity contribution >= 4 is 34.9 Å². The van der Waals surface area contributed by atoms with Crippen molar-refractivity contribution in [2.24, 2.45) is 0 Å². The van der Waals surface area contributed by atoms with Gasteiger partial charge in [0, 0.05) is 19.3 Å². The molecule has 0 atom stereocenters. The van der Waals surface area contributed by atoms with Gasteiger partial charge in [0.05, 0.1) is 41.3 Å². The molecule has 12 heteroatoms. The molecular weight excluding hydrogens is 405 g/mol. The predicted octanol–water partition coefficient (Wildman–Crippen LogP) is 3.15. The number of nitriles is 2. The SMILES string of the molecule is N#CCCN(CCC#N)C(=O)CSc1nnc2c(Cl)cc(C(F)(F)F)cn12. The van der Waals surface area contributed by atoms with Crippen molar-refractivity contribution in [2.75, 3.05) is 18.8 Å². The molecule has 2 aromatic heterocycles. The third kappa shape index (κ3) is 5.25. The average molecular weight is 417 g/mol. The van der Waals surface area contributed by atoms with Crippen LogP contribution in [0, 0.1) is 22.7 Å². The Hall–Kier alpha value is -2.50. The molecule has 0 saturated heterocycles. The van der Waals surface area contributed by atoms with Crippen LogP contribution in [0.2, 0.25) is 5.02 Å². The Balaban J connectivity index is 2.18. The van der Waals surface area contributed by atoms with Crippen molar-refractivity contribution in [3.63, 3.8) is 0 Å². The summed E-state index contributed by atoms with van der Waals surface area (Å²) in [7, 11) is 0. The third-order valence-electron chi connectivity index (χ3n) is 3.42. The lowest BCUT2D eigenvalue weighted by molar-refractivity contribution is -0.138. The molecule has 142 valence electrons. The zero-order valence-electron chi connectivity index (χ0n) is 13.7. The number of amides is 1. The number of aromatic nitrogens is 3. The molecule has 0 fully saturated rings. The summed E-state index contributed by atoms with van der Waals surface area (Å²) in [5, 5.41) is 24.7. The first-order valence-electron chi connectivity index (χ1n) is 7.54. The van der Waals surface area contributed by atoms with Crippen LogP contribution in [0.5, 0.6) is 0 Å². The van der Waals surface area contributed by atoms with E-state index in [1.54, 1.807) is 0 Å². The maximum Gasteiger partial charge on any atom is 0.417 e. The van der Waals surface area contributed by atoms with E-state index in [9.17, 15) is 18.0 Å². The highest BCUT2D eigenvalue weighted by Crippen LogP contribution is 2.33. The van der Waals surface area contributed by atoms with Crippen LogP contribution in [0.15, 0.2) is 17.4 Å². The first kappa shape index (κ1) is 20.8. The molecule has 0 unspecified atom stereocenters. The first-order chi connectivity index (χ1) is 12.8. The summed E-state index contributed by atoms with van der Waals surface area (Å²) in [6, 6.07) is 4.60. The smallest absolute Gasteiger partial charge is 0.340 e. The molecule has 2 aromatic rings. The Kier molecular flexibility index (Phi) is 6.88. The van der Waals surface area contributed by atoms with Gasteiger partial charge in [-0.3, -0.25) is 9.20 Å². The van der Waals surface area contributed by atoms with Gasteiger partial charge >= 0.3 is 6.18 Å². The van der Waals surface area contributed by atoms with Crippen molar-refractivity contribution < 1.29 is 18.0 Å². The van der Waals surface area contributed by atoms with Crippen LogP contribution in [0.3, 0.4) is 0 Å². The highest BCUT2D eigenvalue weighted by atomic mass is 35.5. The number of rotatable bonds is 7.